The van der Waals surface area contributed by atoms with Crippen LogP contribution in [0.5, 0.6) is 5.75 Å². The van der Waals surface area contributed by atoms with Crippen LogP contribution in [0.15, 0.2) is 24.3 Å². The average Bonchev–Trinajstić information content (AvgIpc) is 2.76. The Morgan fingerprint density at radius 2 is 1.83 bits per heavy atom. The summed E-state index contributed by atoms with van der Waals surface area (Å²) in [6, 6.07) is 6.43. The third-order valence-corrected chi connectivity index (χ3v) is 4.30. The molecule has 0 radical (unpaired) electrons. The highest BCUT2D eigenvalue weighted by atomic mass is 16.6. The number of ether oxygens (including phenoxy) is 1. The van der Waals surface area contributed by atoms with Crippen LogP contribution in [0, 0.1) is 22.0 Å². The van der Waals surface area contributed by atoms with Crippen LogP contribution in [0.3, 0.4) is 0 Å². The van der Waals surface area contributed by atoms with Crippen molar-refractivity contribution in [2.24, 2.45) is 11.8 Å². The van der Waals surface area contributed by atoms with Gasteiger partial charge in [-0.1, -0.05) is 6.42 Å². The molecule has 0 N–H and O–H groups in total. The van der Waals surface area contributed by atoms with Crippen molar-refractivity contribution in [1.29, 1.82) is 0 Å². The smallest absolute Gasteiger partial charge is 0.269 e. The highest BCUT2D eigenvalue weighted by Gasteiger charge is 2.36. The van der Waals surface area contributed by atoms with Gasteiger partial charge in [-0.15, -0.1) is 0 Å². The lowest BCUT2D eigenvalue weighted by Crippen LogP contribution is -2.28. The first kappa shape index (κ1) is 11.5. The van der Waals surface area contributed by atoms with Crippen molar-refractivity contribution in [2.75, 3.05) is 0 Å². The van der Waals surface area contributed by atoms with E-state index in [1.54, 1.807) is 12.1 Å². The standard InChI is InChI=1S/C14H17NO3/c16-15(17)12-4-6-13(7-5-12)18-14-8-2-10-1-3-11(14)9-10/h4-7,10-11,14H,1-3,8-9H2. The van der Waals surface area contributed by atoms with Crippen LogP contribution in [0.25, 0.3) is 0 Å². The molecule has 2 aliphatic rings. The largest absolute Gasteiger partial charge is 0.490 e. The maximum absolute atomic E-state index is 10.6. The molecule has 0 aliphatic heterocycles. The van der Waals surface area contributed by atoms with Gasteiger partial charge in [0.05, 0.1) is 4.92 Å². The van der Waals surface area contributed by atoms with Gasteiger partial charge in [0.25, 0.3) is 5.69 Å². The molecule has 4 heteroatoms. The predicted octanol–water partition coefficient (Wildman–Crippen LogP) is 3.55. The van der Waals surface area contributed by atoms with E-state index >= 15 is 0 Å². The third-order valence-electron chi connectivity index (χ3n) is 4.30. The van der Waals surface area contributed by atoms with Gasteiger partial charge in [-0.2, -0.15) is 0 Å². The molecule has 1 aromatic rings. The van der Waals surface area contributed by atoms with Crippen LogP contribution < -0.4 is 4.74 Å². The van der Waals surface area contributed by atoms with Crippen LogP contribution in [0.1, 0.15) is 32.1 Å². The topological polar surface area (TPSA) is 52.4 Å². The second-order valence-electron chi connectivity index (χ2n) is 5.42. The molecule has 4 nitrogen and oxygen atoms in total. The molecular formula is C14H17NO3. The molecule has 3 rings (SSSR count). The van der Waals surface area contributed by atoms with Crippen molar-refractivity contribution in [2.45, 2.75) is 38.2 Å². The molecule has 0 amide bonds. The first-order valence-electron chi connectivity index (χ1n) is 6.63. The van der Waals surface area contributed by atoms with Gasteiger partial charge in [-0.3, -0.25) is 10.1 Å². The molecule has 0 aromatic heterocycles. The molecule has 0 saturated heterocycles. The Morgan fingerprint density at radius 1 is 1.11 bits per heavy atom. The number of nitrogens with zero attached hydrogens (tertiary/aromatic N) is 1. The lowest BCUT2D eigenvalue weighted by molar-refractivity contribution is -0.384. The summed E-state index contributed by atoms with van der Waals surface area (Å²) < 4.78 is 6.00. The van der Waals surface area contributed by atoms with E-state index in [4.69, 9.17) is 4.74 Å². The van der Waals surface area contributed by atoms with Gasteiger partial charge in [0.1, 0.15) is 11.9 Å². The van der Waals surface area contributed by atoms with Crippen molar-refractivity contribution < 1.29 is 9.66 Å². The van der Waals surface area contributed by atoms with E-state index in [1.165, 1.54) is 37.8 Å². The molecule has 2 aliphatic carbocycles. The maximum atomic E-state index is 10.6. The SMILES string of the molecule is O=[N+]([O-])c1ccc(OC2CCC3CCC2C3)cc1. The quantitative estimate of drug-likeness (QED) is 0.606. The van der Waals surface area contributed by atoms with Crippen molar-refractivity contribution in [3.63, 3.8) is 0 Å². The van der Waals surface area contributed by atoms with Gasteiger partial charge in [0.15, 0.2) is 0 Å². The highest BCUT2D eigenvalue weighted by molar-refractivity contribution is 5.36. The summed E-state index contributed by atoms with van der Waals surface area (Å²) in [5.74, 6) is 2.38. The van der Waals surface area contributed by atoms with E-state index in [9.17, 15) is 10.1 Å². The molecular weight excluding hydrogens is 230 g/mol. The van der Waals surface area contributed by atoms with Gasteiger partial charge < -0.3 is 4.74 Å². The maximum Gasteiger partial charge on any atom is 0.269 e. The number of nitro benzene ring substituents is 1. The number of nitro groups is 1. The Kier molecular flexibility index (Phi) is 2.94. The van der Waals surface area contributed by atoms with Crippen LogP contribution in [0.4, 0.5) is 5.69 Å². The lowest BCUT2D eigenvalue weighted by Gasteiger charge is -2.29. The zero-order chi connectivity index (χ0) is 12.5. The van der Waals surface area contributed by atoms with Crippen LogP contribution in [-0.4, -0.2) is 11.0 Å². The minimum Gasteiger partial charge on any atom is -0.490 e. The molecule has 0 heterocycles. The van der Waals surface area contributed by atoms with E-state index in [2.05, 4.69) is 0 Å². The predicted molar refractivity (Wildman–Crippen MR) is 67.6 cm³/mol. The lowest BCUT2D eigenvalue weighted by atomic mass is 9.87. The third kappa shape index (κ3) is 2.19. The minimum atomic E-state index is -0.383. The molecule has 96 valence electrons. The summed E-state index contributed by atoms with van der Waals surface area (Å²) in [6.07, 6.45) is 6.65. The molecule has 2 saturated carbocycles. The highest BCUT2D eigenvalue weighted by Crippen LogP contribution is 2.43. The number of hydrogen-bond acceptors (Lipinski definition) is 3. The van der Waals surface area contributed by atoms with Crippen molar-refractivity contribution >= 4 is 5.69 Å². The van der Waals surface area contributed by atoms with Crippen LogP contribution in [-0.2, 0) is 0 Å². The summed E-state index contributed by atoms with van der Waals surface area (Å²) in [4.78, 5) is 10.2. The number of rotatable bonds is 3. The second-order valence-corrected chi connectivity index (χ2v) is 5.42. The molecule has 3 atom stereocenters. The Labute approximate surface area is 106 Å². The van der Waals surface area contributed by atoms with E-state index in [0.717, 1.165) is 18.1 Å². The summed E-state index contributed by atoms with van der Waals surface area (Å²) in [5, 5.41) is 10.6. The molecule has 2 fully saturated rings. The first-order valence-corrected chi connectivity index (χ1v) is 6.63. The second kappa shape index (κ2) is 4.59. The molecule has 18 heavy (non-hydrogen) atoms. The van der Waals surface area contributed by atoms with Crippen molar-refractivity contribution in [1.82, 2.24) is 0 Å². The van der Waals surface area contributed by atoms with Crippen molar-refractivity contribution in [3.8, 4) is 5.75 Å². The van der Waals surface area contributed by atoms with Crippen LogP contribution in [0.2, 0.25) is 0 Å². The number of non-ortho nitro benzene ring substituents is 1. The Balaban J connectivity index is 1.67. The Bertz CT molecular complexity index is 443. The summed E-state index contributed by atoms with van der Waals surface area (Å²) in [7, 11) is 0. The van der Waals surface area contributed by atoms with Gasteiger partial charge in [0.2, 0.25) is 0 Å². The van der Waals surface area contributed by atoms with Gasteiger partial charge >= 0.3 is 0 Å². The molecule has 3 unspecified atom stereocenters. The normalized spacial score (nSPS) is 30.1. The number of fused-ring (bicyclic) bond motifs is 2. The van der Waals surface area contributed by atoms with E-state index in [-0.39, 0.29) is 10.6 Å². The molecule has 1 aromatic carbocycles. The van der Waals surface area contributed by atoms with E-state index in [0.29, 0.717) is 12.0 Å². The monoisotopic (exact) mass is 247 g/mol. The van der Waals surface area contributed by atoms with E-state index < -0.39 is 0 Å². The Hall–Kier alpha value is -1.58. The van der Waals surface area contributed by atoms with Gasteiger partial charge in [-0.25, -0.2) is 0 Å². The zero-order valence-electron chi connectivity index (χ0n) is 10.2. The fourth-order valence-corrected chi connectivity index (χ4v) is 3.33. The fourth-order valence-electron chi connectivity index (χ4n) is 3.33. The molecule has 0 spiro atoms. The summed E-state index contributed by atoms with van der Waals surface area (Å²) in [6.45, 7) is 0. The van der Waals surface area contributed by atoms with Gasteiger partial charge in [0, 0.05) is 12.1 Å². The van der Waals surface area contributed by atoms with Crippen LogP contribution >= 0.6 is 0 Å². The summed E-state index contributed by atoms with van der Waals surface area (Å²) >= 11 is 0. The minimum absolute atomic E-state index is 0.118. The number of hydrogen-bond donors (Lipinski definition) is 0. The van der Waals surface area contributed by atoms with Crippen molar-refractivity contribution in [3.05, 3.63) is 34.4 Å². The average molecular weight is 247 g/mol. The Morgan fingerprint density at radius 3 is 2.56 bits per heavy atom. The summed E-state index contributed by atoms with van der Waals surface area (Å²) in [5.41, 5.74) is 0.118. The first-order chi connectivity index (χ1) is 8.72. The number of benzene rings is 1. The van der Waals surface area contributed by atoms with E-state index in [1.807, 2.05) is 0 Å². The zero-order valence-corrected chi connectivity index (χ0v) is 10.2. The van der Waals surface area contributed by atoms with Gasteiger partial charge in [-0.05, 0) is 49.7 Å². The fraction of sp³-hybridized carbons (Fsp3) is 0.571. The molecule has 2 bridgehead atoms.